The zero-order chi connectivity index (χ0) is 18.0. The van der Waals surface area contributed by atoms with E-state index in [4.69, 9.17) is 4.42 Å². The molecule has 0 atom stereocenters. The van der Waals surface area contributed by atoms with Crippen molar-refractivity contribution in [3.05, 3.63) is 90.5 Å². The number of benzene rings is 4. The largest absolute Gasteiger partial charge is 0.454 e. The molecule has 4 aromatic carbocycles. The van der Waals surface area contributed by atoms with Gasteiger partial charge in [-0.1, -0.05) is 60.7 Å². The molecule has 0 saturated carbocycles. The SMILES string of the molecule is Cc1ccccc1-n1c2ccccc2c2ccc3c4ccccc4oc3c21. The van der Waals surface area contributed by atoms with E-state index in [9.17, 15) is 0 Å². The minimum atomic E-state index is 0.932. The number of aryl methyl sites for hydroxylation is 1. The predicted octanol–water partition coefficient (Wildman–Crippen LogP) is 6.99. The minimum Gasteiger partial charge on any atom is -0.454 e. The van der Waals surface area contributed by atoms with Crippen molar-refractivity contribution >= 4 is 43.7 Å². The first kappa shape index (κ1) is 14.6. The average molecular weight is 347 g/mol. The molecule has 0 spiro atoms. The summed E-state index contributed by atoms with van der Waals surface area (Å²) in [7, 11) is 0. The van der Waals surface area contributed by atoms with Gasteiger partial charge in [0.15, 0.2) is 5.58 Å². The Morgan fingerprint density at radius 1 is 0.630 bits per heavy atom. The Hall–Kier alpha value is -3.52. The Labute approximate surface area is 156 Å². The van der Waals surface area contributed by atoms with Crippen molar-refractivity contribution < 1.29 is 4.42 Å². The highest BCUT2D eigenvalue weighted by Gasteiger charge is 2.18. The summed E-state index contributed by atoms with van der Waals surface area (Å²) < 4.78 is 8.73. The van der Waals surface area contributed by atoms with Crippen molar-refractivity contribution in [1.82, 2.24) is 4.57 Å². The van der Waals surface area contributed by atoms with Crippen LogP contribution in [0.3, 0.4) is 0 Å². The summed E-state index contributed by atoms with van der Waals surface area (Å²) in [6, 6.07) is 29.8. The predicted molar refractivity (Wildman–Crippen MR) is 113 cm³/mol. The molecule has 0 radical (unpaired) electrons. The molecule has 0 saturated heterocycles. The maximum Gasteiger partial charge on any atom is 0.160 e. The summed E-state index contributed by atoms with van der Waals surface area (Å²) in [4.78, 5) is 0. The van der Waals surface area contributed by atoms with Gasteiger partial charge < -0.3 is 8.98 Å². The lowest BCUT2D eigenvalue weighted by Gasteiger charge is -2.10. The van der Waals surface area contributed by atoms with Gasteiger partial charge >= 0.3 is 0 Å². The molecule has 2 heterocycles. The first-order valence-electron chi connectivity index (χ1n) is 9.22. The average Bonchev–Trinajstić information content (AvgIpc) is 3.24. The van der Waals surface area contributed by atoms with Crippen LogP contribution in [0.25, 0.3) is 49.4 Å². The lowest BCUT2D eigenvalue weighted by molar-refractivity contribution is 0.671. The van der Waals surface area contributed by atoms with Gasteiger partial charge in [0.25, 0.3) is 0 Å². The van der Waals surface area contributed by atoms with Gasteiger partial charge in [0.05, 0.1) is 11.0 Å². The number of para-hydroxylation sites is 3. The highest BCUT2D eigenvalue weighted by atomic mass is 16.3. The quantitative estimate of drug-likeness (QED) is 0.313. The number of aromatic nitrogens is 1. The molecule has 0 amide bonds. The molecule has 128 valence electrons. The van der Waals surface area contributed by atoms with Crippen molar-refractivity contribution in [2.75, 3.05) is 0 Å². The molecule has 0 bridgehead atoms. The number of nitrogens with zero attached hydrogens (tertiary/aromatic N) is 1. The monoisotopic (exact) mass is 347 g/mol. The van der Waals surface area contributed by atoms with E-state index in [1.165, 1.54) is 27.5 Å². The number of hydrogen-bond acceptors (Lipinski definition) is 1. The summed E-state index contributed by atoms with van der Waals surface area (Å²) in [6.07, 6.45) is 0. The molecule has 0 aliphatic heterocycles. The zero-order valence-corrected chi connectivity index (χ0v) is 14.9. The highest BCUT2D eigenvalue weighted by molar-refractivity contribution is 6.21. The lowest BCUT2D eigenvalue weighted by Crippen LogP contribution is -1.96. The van der Waals surface area contributed by atoms with Crippen LogP contribution in [0.2, 0.25) is 0 Å². The fraction of sp³-hybridized carbons (Fsp3) is 0.0400. The Balaban J connectivity index is 1.93. The normalized spacial score (nSPS) is 11.9. The Morgan fingerprint density at radius 3 is 2.22 bits per heavy atom. The zero-order valence-electron chi connectivity index (χ0n) is 14.9. The van der Waals surface area contributed by atoms with Crippen molar-refractivity contribution in [2.24, 2.45) is 0 Å². The summed E-state index contributed by atoms with van der Waals surface area (Å²) >= 11 is 0. The topological polar surface area (TPSA) is 18.1 Å². The molecular weight excluding hydrogens is 330 g/mol. The van der Waals surface area contributed by atoms with Crippen molar-refractivity contribution in [2.45, 2.75) is 6.92 Å². The van der Waals surface area contributed by atoms with Gasteiger partial charge in [0.1, 0.15) is 5.58 Å². The highest BCUT2D eigenvalue weighted by Crippen LogP contribution is 2.40. The summed E-state index contributed by atoms with van der Waals surface area (Å²) in [5.41, 5.74) is 6.66. The lowest BCUT2D eigenvalue weighted by atomic mass is 10.1. The third-order valence-electron chi connectivity index (χ3n) is 5.54. The molecule has 27 heavy (non-hydrogen) atoms. The number of rotatable bonds is 1. The van der Waals surface area contributed by atoms with Crippen LogP contribution >= 0.6 is 0 Å². The van der Waals surface area contributed by atoms with E-state index in [0.29, 0.717) is 0 Å². The molecule has 0 unspecified atom stereocenters. The van der Waals surface area contributed by atoms with E-state index in [1.54, 1.807) is 0 Å². The maximum atomic E-state index is 6.38. The standard InChI is InChI=1S/C25H17NO/c1-16-8-2-5-11-21(16)26-22-12-6-3-9-17(22)19-14-15-20-18-10-4-7-13-23(18)27-25(20)24(19)26/h2-15H,1H3. The number of hydrogen-bond donors (Lipinski definition) is 0. The molecule has 2 nitrogen and oxygen atoms in total. The van der Waals surface area contributed by atoms with Crippen LogP contribution in [0, 0.1) is 6.92 Å². The van der Waals surface area contributed by atoms with E-state index in [2.05, 4.69) is 84.3 Å². The van der Waals surface area contributed by atoms with Crippen LogP contribution in [0.1, 0.15) is 5.56 Å². The van der Waals surface area contributed by atoms with E-state index in [1.807, 2.05) is 12.1 Å². The molecule has 0 aliphatic carbocycles. The number of furan rings is 1. The first-order chi connectivity index (χ1) is 13.3. The first-order valence-corrected chi connectivity index (χ1v) is 9.22. The number of fused-ring (bicyclic) bond motifs is 7. The second-order valence-electron chi connectivity index (χ2n) is 7.08. The Bertz CT molecular complexity index is 1480. The molecule has 2 heteroatoms. The fourth-order valence-electron chi connectivity index (χ4n) is 4.30. The van der Waals surface area contributed by atoms with Crippen LogP contribution in [-0.2, 0) is 0 Å². The van der Waals surface area contributed by atoms with Gasteiger partial charge in [-0.3, -0.25) is 0 Å². The fourth-order valence-corrected chi connectivity index (χ4v) is 4.30. The van der Waals surface area contributed by atoms with Crippen LogP contribution in [-0.4, -0.2) is 4.57 Å². The van der Waals surface area contributed by atoms with Crippen LogP contribution in [0.15, 0.2) is 89.3 Å². The molecule has 6 aromatic rings. The van der Waals surface area contributed by atoms with Crippen LogP contribution < -0.4 is 0 Å². The van der Waals surface area contributed by atoms with Gasteiger partial charge in [-0.05, 0) is 36.8 Å². The maximum absolute atomic E-state index is 6.38. The minimum absolute atomic E-state index is 0.932. The van der Waals surface area contributed by atoms with Gasteiger partial charge in [0.2, 0.25) is 0 Å². The molecule has 0 N–H and O–H groups in total. The van der Waals surface area contributed by atoms with Gasteiger partial charge in [-0.2, -0.15) is 0 Å². The summed E-state index contributed by atoms with van der Waals surface area (Å²) in [5.74, 6) is 0. The van der Waals surface area contributed by atoms with Crippen molar-refractivity contribution in [3.8, 4) is 5.69 Å². The molecular formula is C25H17NO. The van der Waals surface area contributed by atoms with Crippen LogP contribution in [0.5, 0.6) is 0 Å². The molecule has 0 fully saturated rings. The molecule has 2 aromatic heterocycles. The van der Waals surface area contributed by atoms with Crippen molar-refractivity contribution in [1.29, 1.82) is 0 Å². The van der Waals surface area contributed by atoms with E-state index < -0.39 is 0 Å². The van der Waals surface area contributed by atoms with Crippen LogP contribution in [0.4, 0.5) is 0 Å². The summed E-state index contributed by atoms with van der Waals surface area (Å²) in [6.45, 7) is 2.16. The Kier molecular flexibility index (Phi) is 2.84. The third-order valence-corrected chi connectivity index (χ3v) is 5.54. The molecule has 0 aliphatic rings. The van der Waals surface area contributed by atoms with E-state index in [-0.39, 0.29) is 0 Å². The Morgan fingerprint density at radius 2 is 1.33 bits per heavy atom. The summed E-state index contributed by atoms with van der Waals surface area (Å²) in [5, 5.41) is 4.80. The second-order valence-corrected chi connectivity index (χ2v) is 7.08. The second kappa shape index (κ2) is 5.24. The van der Waals surface area contributed by atoms with Gasteiger partial charge in [-0.15, -0.1) is 0 Å². The van der Waals surface area contributed by atoms with Crippen molar-refractivity contribution in [3.63, 3.8) is 0 Å². The third kappa shape index (κ3) is 1.90. The smallest absolute Gasteiger partial charge is 0.160 e. The molecule has 6 rings (SSSR count). The van der Waals surface area contributed by atoms with E-state index >= 15 is 0 Å². The van der Waals surface area contributed by atoms with E-state index in [0.717, 1.165) is 27.5 Å². The van der Waals surface area contributed by atoms with Gasteiger partial charge in [-0.25, -0.2) is 0 Å². The van der Waals surface area contributed by atoms with Gasteiger partial charge in [0, 0.05) is 27.2 Å².